The molecule has 0 bridgehead atoms. The quantitative estimate of drug-likeness (QED) is 0.425. The molecule has 0 N–H and O–H groups in total. The summed E-state index contributed by atoms with van der Waals surface area (Å²) in [6.45, 7) is 3.94. The van der Waals surface area contributed by atoms with Crippen LogP contribution in [-0.4, -0.2) is 7.32 Å². The highest BCUT2D eigenvalue weighted by Gasteiger charge is 2.31. The van der Waals surface area contributed by atoms with Crippen molar-refractivity contribution in [3.63, 3.8) is 0 Å². The van der Waals surface area contributed by atoms with Crippen LogP contribution in [0.3, 0.4) is 0 Å². The van der Waals surface area contributed by atoms with E-state index >= 15 is 0 Å². The van der Waals surface area contributed by atoms with Gasteiger partial charge in [-0.1, -0.05) is 13.8 Å². The first kappa shape index (κ1) is 20.6. The number of rotatable bonds is 8. The Morgan fingerprint density at radius 1 is 0.724 bits per heavy atom. The van der Waals surface area contributed by atoms with Crippen molar-refractivity contribution in [1.29, 1.82) is 0 Å². The van der Waals surface area contributed by atoms with Crippen LogP contribution in [0.4, 0.5) is 13.2 Å². The third-order valence-electron chi connectivity index (χ3n) is 4.43. The number of hydrogen-bond donors (Lipinski definition) is 0. The second kappa shape index (κ2) is 9.41. The minimum Gasteiger partial charge on any atom is -0.490 e. The van der Waals surface area contributed by atoms with E-state index in [-0.39, 0.29) is 11.7 Å². The van der Waals surface area contributed by atoms with Gasteiger partial charge in [0.05, 0.1) is 0 Å². The van der Waals surface area contributed by atoms with Gasteiger partial charge in [-0.05, 0) is 84.6 Å². The molecule has 29 heavy (non-hydrogen) atoms. The van der Waals surface area contributed by atoms with Gasteiger partial charge in [-0.3, -0.25) is 0 Å². The predicted molar refractivity (Wildman–Crippen MR) is 106 cm³/mol. The Morgan fingerprint density at radius 2 is 1.21 bits per heavy atom. The molecule has 0 aliphatic carbocycles. The van der Waals surface area contributed by atoms with E-state index < -0.39 is 19.0 Å². The highest BCUT2D eigenvalue weighted by Crippen LogP contribution is 2.30. The molecule has 0 heterocycles. The molecule has 1 atom stereocenters. The Labute approximate surface area is 168 Å². The van der Waals surface area contributed by atoms with Gasteiger partial charge in [0.2, 0.25) is 0 Å². The summed E-state index contributed by atoms with van der Waals surface area (Å²) in [6.07, 6.45) is 0.780. The van der Waals surface area contributed by atoms with Crippen LogP contribution in [0.1, 0.15) is 31.7 Å². The van der Waals surface area contributed by atoms with Crippen LogP contribution in [0.2, 0.25) is 0 Å². The molecular formula is C22H20BF3O3. The maximum Gasteiger partial charge on any atom is 0.864 e. The van der Waals surface area contributed by atoms with Crippen LogP contribution in [-0.2, 0) is 0 Å². The summed E-state index contributed by atoms with van der Waals surface area (Å²) in [5.74, 6) is -0.133. The third-order valence-corrected chi connectivity index (χ3v) is 4.43. The van der Waals surface area contributed by atoms with Crippen LogP contribution in [0.25, 0.3) is 0 Å². The van der Waals surface area contributed by atoms with E-state index in [1.165, 1.54) is 66.7 Å². The molecule has 3 aromatic rings. The van der Waals surface area contributed by atoms with Crippen molar-refractivity contribution in [1.82, 2.24) is 0 Å². The summed E-state index contributed by atoms with van der Waals surface area (Å²) < 4.78 is 57.4. The topological polar surface area (TPSA) is 27.7 Å². The van der Waals surface area contributed by atoms with E-state index in [9.17, 15) is 13.2 Å². The molecule has 0 aliphatic heterocycles. The normalized spacial score (nSPS) is 11.6. The summed E-state index contributed by atoms with van der Waals surface area (Å²) >= 11 is 0. The highest BCUT2D eigenvalue weighted by molar-refractivity contribution is 6.39. The Balaban J connectivity index is 1.88. The average molecular weight is 400 g/mol. The molecule has 7 heteroatoms. The van der Waals surface area contributed by atoms with Crippen LogP contribution >= 0.6 is 0 Å². The number of hydrogen-bond acceptors (Lipinski definition) is 3. The standard InChI is InChI=1S/C22H20BF3O3/c1-3-15(2)21-14-18(26)8-13-22(21)29-23(27-19-9-4-16(24)5-10-19)28-20-11-6-17(25)7-12-20/h4-15H,3H2,1-2H3. The smallest absolute Gasteiger partial charge is 0.490 e. The molecule has 0 aliphatic rings. The molecule has 3 rings (SSSR count). The summed E-state index contributed by atoms with van der Waals surface area (Å²) in [4.78, 5) is 0. The highest BCUT2D eigenvalue weighted by atomic mass is 19.1. The van der Waals surface area contributed by atoms with Crippen LogP contribution in [0.15, 0.2) is 66.7 Å². The number of halogens is 3. The van der Waals surface area contributed by atoms with Crippen molar-refractivity contribution >= 4 is 7.32 Å². The lowest BCUT2D eigenvalue weighted by molar-refractivity contribution is 0.304. The lowest BCUT2D eigenvalue weighted by Crippen LogP contribution is -2.37. The maximum absolute atomic E-state index is 13.8. The molecule has 1 unspecified atom stereocenters. The van der Waals surface area contributed by atoms with Crippen LogP contribution in [0.5, 0.6) is 17.2 Å². The molecule has 0 spiro atoms. The fraction of sp³-hybridized carbons (Fsp3) is 0.182. The van der Waals surface area contributed by atoms with Gasteiger partial charge in [-0.2, -0.15) is 0 Å². The molecule has 0 aromatic heterocycles. The fourth-order valence-corrected chi connectivity index (χ4v) is 2.66. The molecule has 0 fully saturated rings. The first-order chi connectivity index (χ1) is 13.9. The van der Waals surface area contributed by atoms with E-state index in [4.69, 9.17) is 14.0 Å². The van der Waals surface area contributed by atoms with Crippen molar-refractivity contribution in [3.8, 4) is 17.2 Å². The summed E-state index contributed by atoms with van der Waals surface area (Å²) in [6, 6.07) is 14.9. The van der Waals surface area contributed by atoms with E-state index in [1.54, 1.807) is 0 Å². The molecule has 0 saturated carbocycles. The molecule has 3 nitrogen and oxygen atoms in total. The second-order valence-corrected chi connectivity index (χ2v) is 6.54. The summed E-state index contributed by atoms with van der Waals surface area (Å²) in [7, 11) is -1.26. The summed E-state index contributed by atoms with van der Waals surface area (Å²) in [5.41, 5.74) is 0.669. The van der Waals surface area contributed by atoms with Crippen molar-refractivity contribution < 1.29 is 27.1 Å². The average Bonchev–Trinajstić information content (AvgIpc) is 2.72. The minimum atomic E-state index is -1.26. The van der Waals surface area contributed by atoms with Gasteiger partial charge in [-0.15, -0.1) is 0 Å². The van der Waals surface area contributed by atoms with Gasteiger partial charge < -0.3 is 14.0 Å². The Hall–Kier alpha value is -3.09. The molecule has 0 saturated heterocycles. The molecule has 0 radical (unpaired) electrons. The van der Waals surface area contributed by atoms with E-state index in [2.05, 4.69) is 0 Å². The second-order valence-electron chi connectivity index (χ2n) is 6.54. The zero-order valence-electron chi connectivity index (χ0n) is 16.1. The van der Waals surface area contributed by atoms with E-state index in [1.807, 2.05) is 13.8 Å². The van der Waals surface area contributed by atoms with Crippen molar-refractivity contribution in [2.24, 2.45) is 0 Å². The van der Waals surface area contributed by atoms with Gasteiger partial charge in [0.15, 0.2) is 0 Å². The third kappa shape index (κ3) is 5.70. The Bertz CT molecular complexity index is 886. The van der Waals surface area contributed by atoms with Crippen molar-refractivity contribution in [2.45, 2.75) is 26.2 Å². The van der Waals surface area contributed by atoms with Gasteiger partial charge in [0, 0.05) is 0 Å². The van der Waals surface area contributed by atoms with Gasteiger partial charge >= 0.3 is 7.32 Å². The largest absolute Gasteiger partial charge is 0.864 e. The molecule has 3 aromatic carbocycles. The molecular weight excluding hydrogens is 380 g/mol. The lowest BCUT2D eigenvalue weighted by Gasteiger charge is -2.20. The lowest BCUT2D eigenvalue weighted by atomic mass is 9.97. The molecule has 150 valence electrons. The zero-order chi connectivity index (χ0) is 20.8. The predicted octanol–water partition coefficient (Wildman–Crippen LogP) is 6.14. The van der Waals surface area contributed by atoms with Crippen molar-refractivity contribution in [3.05, 3.63) is 89.7 Å². The Kier molecular flexibility index (Phi) is 6.70. The first-order valence-electron chi connectivity index (χ1n) is 9.25. The summed E-state index contributed by atoms with van der Waals surface area (Å²) in [5, 5.41) is 0. The van der Waals surface area contributed by atoms with Crippen LogP contribution < -0.4 is 14.0 Å². The van der Waals surface area contributed by atoms with Gasteiger partial charge in [0.25, 0.3) is 0 Å². The van der Waals surface area contributed by atoms with E-state index in [0.717, 1.165) is 6.42 Å². The fourth-order valence-electron chi connectivity index (χ4n) is 2.66. The monoisotopic (exact) mass is 400 g/mol. The van der Waals surface area contributed by atoms with Gasteiger partial charge in [0.1, 0.15) is 34.7 Å². The zero-order valence-corrected chi connectivity index (χ0v) is 16.1. The van der Waals surface area contributed by atoms with Gasteiger partial charge in [-0.25, -0.2) is 13.2 Å². The van der Waals surface area contributed by atoms with Crippen molar-refractivity contribution in [2.75, 3.05) is 0 Å². The maximum atomic E-state index is 13.8. The Morgan fingerprint density at radius 3 is 1.69 bits per heavy atom. The SMILES string of the molecule is CCC(C)c1cc(F)ccc1OB(Oc1ccc(F)cc1)Oc1ccc(F)cc1. The van der Waals surface area contributed by atoms with Crippen LogP contribution in [0, 0.1) is 17.5 Å². The van der Waals surface area contributed by atoms with E-state index in [0.29, 0.717) is 22.8 Å². The minimum absolute atomic E-state index is 0.0398. The number of benzene rings is 3. The first-order valence-corrected chi connectivity index (χ1v) is 9.25. The molecule has 0 amide bonds.